The lowest BCUT2D eigenvalue weighted by molar-refractivity contribution is -0.137. The van der Waals surface area contributed by atoms with E-state index in [2.05, 4.69) is 10.6 Å². The third kappa shape index (κ3) is 6.19. The van der Waals surface area contributed by atoms with Gasteiger partial charge in [-0.25, -0.2) is 4.79 Å². The summed E-state index contributed by atoms with van der Waals surface area (Å²) >= 11 is 0. The van der Waals surface area contributed by atoms with Gasteiger partial charge in [0.2, 0.25) is 5.91 Å². The molecule has 1 aliphatic rings. The summed E-state index contributed by atoms with van der Waals surface area (Å²) in [7, 11) is 0. The monoisotopic (exact) mass is 272 g/mol. The quantitative estimate of drug-likeness (QED) is 0.681. The summed E-state index contributed by atoms with van der Waals surface area (Å²) in [6.07, 6.45) is 1.82. The molecule has 0 aromatic heterocycles. The van der Waals surface area contributed by atoms with E-state index in [9.17, 15) is 14.4 Å². The first-order chi connectivity index (χ1) is 8.91. The van der Waals surface area contributed by atoms with Gasteiger partial charge in [0.1, 0.15) is 0 Å². The molecule has 3 amide bonds. The number of carboxylic acid groups (broad SMARTS) is 1. The van der Waals surface area contributed by atoms with Crippen molar-refractivity contribution in [3.05, 3.63) is 0 Å². The number of rotatable bonds is 5. The van der Waals surface area contributed by atoms with E-state index >= 15 is 0 Å². The van der Waals surface area contributed by atoms with Gasteiger partial charge in [-0.3, -0.25) is 14.9 Å². The van der Waals surface area contributed by atoms with E-state index in [1.165, 1.54) is 0 Å². The van der Waals surface area contributed by atoms with Gasteiger partial charge in [0.15, 0.2) is 0 Å². The lowest BCUT2D eigenvalue weighted by atomic mass is 9.95. The van der Waals surface area contributed by atoms with Crippen molar-refractivity contribution in [1.29, 1.82) is 0 Å². The highest BCUT2D eigenvalue weighted by Gasteiger charge is 2.29. The molecule has 7 heteroatoms. The fourth-order valence-corrected chi connectivity index (χ4v) is 1.93. The molecule has 1 saturated heterocycles. The maximum Gasteiger partial charge on any atom is 0.321 e. The van der Waals surface area contributed by atoms with Crippen molar-refractivity contribution in [2.45, 2.75) is 44.6 Å². The van der Waals surface area contributed by atoms with Crippen LogP contribution in [0.25, 0.3) is 0 Å². The number of carboxylic acids is 1. The summed E-state index contributed by atoms with van der Waals surface area (Å²) in [6.45, 7) is 2.97. The van der Waals surface area contributed by atoms with Crippen LogP contribution in [0, 0.1) is 0 Å². The zero-order valence-electron chi connectivity index (χ0n) is 11.0. The van der Waals surface area contributed by atoms with Crippen LogP contribution in [0.4, 0.5) is 4.79 Å². The Balaban J connectivity index is 2.26. The molecular weight excluding hydrogens is 252 g/mol. The summed E-state index contributed by atoms with van der Waals surface area (Å²) in [5, 5.41) is 13.3. The summed E-state index contributed by atoms with van der Waals surface area (Å²) in [4.78, 5) is 33.3. The van der Waals surface area contributed by atoms with Gasteiger partial charge >= 0.3 is 12.0 Å². The number of nitrogens with one attached hydrogen (secondary N) is 2. The minimum atomic E-state index is -0.955. The van der Waals surface area contributed by atoms with Crippen molar-refractivity contribution < 1.29 is 24.2 Å². The van der Waals surface area contributed by atoms with Gasteiger partial charge in [-0.05, 0) is 26.2 Å². The molecule has 0 aliphatic carbocycles. The number of hydrogen-bond donors (Lipinski definition) is 3. The highest BCUT2D eigenvalue weighted by atomic mass is 16.5. The number of amides is 3. The Bertz CT molecular complexity index is 350. The van der Waals surface area contributed by atoms with Crippen LogP contribution in [0.1, 0.15) is 39.0 Å². The molecule has 108 valence electrons. The smallest absolute Gasteiger partial charge is 0.321 e. The summed E-state index contributed by atoms with van der Waals surface area (Å²) < 4.78 is 5.29. The fraction of sp³-hybridized carbons (Fsp3) is 0.750. The number of ether oxygens (including phenoxy) is 1. The topological polar surface area (TPSA) is 105 Å². The van der Waals surface area contributed by atoms with Crippen LogP contribution in [-0.4, -0.2) is 41.8 Å². The van der Waals surface area contributed by atoms with Crippen molar-refractivity contribution in [3.63, 3.8) is 0 Å². The Morgan fingerprint density at radius 2 is 2.05 bits per heavy atom. The zero-order valence-corrected chi connectivity index (χ0v) is 11.0. The molecule has 1 rings (SSSR count). The van der Waals surface area contributed by atoms with Crippen LogP contribution < -0.4 is 10.6 Å². The summed E-state index contributed by atoms with van der Waals surface area (Å²) in [5.74, 6) is -1.43. The van der Waals surface area contributed by atoms with E-state index < -0.39 is 23.4 Å². The number of aliphatic carboxylic acids is 1. The van der Waals surface area contributed by atoms with E-state index in [1.807, 2.05) is 6.92 Å². The molecule has 1 aliphatic heterocycles. The molecule has 0 bridgehead atoms. The van der Waals surface area contributed by atoms with Crippen LogP contribution >= 0.6 is 0 Å². The molecule has 7 nitrogen and oxygen atoms in total. The molecule has 0 aromatic carbocycles. The molecule has 0 aromatic rings. The van der Waals surface area contributed by atoms with Crippen molar-refractivity contribution in [2.24, 2.45) is 0 Å². The molecule has 1 unspecified atom stereocenters. The summed E-state index contributed by atoms with van der Waals surface area (Å²) in [6, 6.07) is -0.562. The predicted octanol–water partition coefficient (Wildman–Crippen LogP) is 0.636. The van der Waals surface area contributed by atoms with Crippen molar-refractivity contribution >= 4 is 17.9 Å². The molecule has 1 fully saturated rings. The van der Waals surface area contributed by atoms with Gasteiger partial charge in [0.05, 0.1) is 12.1 Å². The Morgan fingerprint density at radius 1 is 1.32 bits per heavy atom. The van der Waals surface area contributed by atoms with Gasteiger partial charge in [0, 0.05) is 19.4 Å². The number of carbonyl (C=O) groups excluding carboxylic acids is 2. The predicted molar refractivity (Wildman–Crippen MR) is 66.6 cm³/mol. The molecule has 1 atom stereocenters. The number of hydrogen-bond acceptors (Lipinski definition) is 4. The van der Waals surface area contributed by atoms with Crippen molar-refractivity contribution in [1.82, 2.24) is 10.6 Å². The van der Waals surface area contributed by atoms with E-state index in [0.717, 1.165) is 12.8 Å². The molecule has 0 radical (unpaired) electrons. The lowest BCUT2D eigenvalue weighted by Crippen LogP contribution is -2.55. The lowest BCUT2D eigenvalue weighted by Gasteiger charge is -2.34. The fourth-order valence-electron chi connectivity index (χ4n) is 1.93. The zero-order chi connectivity index (χ0) is 14.3. The highest BCUT2D eigenvalue weighted by Crippen LogP contribution is 2.17. The second-order valence-electron chi connectivity index (χ2n) is 4.97. The summed E-state index contributed by atoms with van der Waals surface area (Å²) in [5.41, 5.74) is -0.455. The normalized spacial score (nSPS) is 22.6. The Hall–Kier alpha value is -1.63. The molecule has 1 heterocycles. The largest absolute Gasteiger partial charge is 0.481 e. The van der Waals surface area contributed by atoms with E-state index in [4.69, 9.17) is 9.84 Å². The first-order valence-electron chi connectivity index (χ1n) is 6.33. The molecular formula is C12H20N2O5. The Kier molecular flexibility index (Phi) is 5.75. The third-order valence-corrected chi connectivity index (χ3v) is 2.90. The maximum absolute atomic E-state index is 11.6. The second-order valence-corrected chi connectivity index (χ2v) is 4.97. The van der Waals surface area contributed by atoms with E-state index in [1.54, 1.807) is 0 Å². The van der Waals surface area contributed by atoms with Crippen molar-refractivity contribution in [2.75, 3.05) is 13.2 Å². The number of carbonyl (C=O) groups is 3. The standard InChI is InChI=1S/C12H20N2O5/c1-12(6-3-7-19-8-12)14-11(18)13-9(15)4-2-5-10(16)17/h2-8H2,1H3,(H,16,17)(H2,13,14,15,18). The van der Waals surface area contributed by atoms with Crippen LogP contribution in [0.3, 0.4) is 0 Å². The Morgan fingerprint density at radius 3 is 2.63 bits per heavy atom. The first-order valence-corrected chi connectivity index (χ1v) is 6.33. The minimum absolute atomic E-state index is 0.0208. The average Bonchev–Trinajstić information content (AvgIpc) is 2.28. The van der Waals surface area contributed by atoms with Gasteiger partial charge in [-0.1, -0.05) is 0 Å². The third-order valence-electron chi connectivity index (χ3n) is 2.90. The van der Waals surface area contributed by atoms with Gasteiger partial charge in [-0.15, -0.1) is 0 Å². The van der Waals surface area contributed by atoms with Crippen LogP contribution in [0.5, 0.6) is 0 Å². The van der Waals surface area contributed by atoms with Crippen molar-refractivity contribution in [3.8, 4) is 0 Å². The molecule has 0 spiro atoms. The molecule has 19 heavy (non-hydrogen) atoms. The van der Waals surface area contributed by atoms with Gasteiger partial charge in [0.25, 0.3) is 0 Å². The highest BCUT2D eigenvalue weighted by molar-refractivity contribution is 5.94. The SMILES string of the molecule is CC1(NC(=O)NC(=O)CCCC(=O)O)CCCOC1. The number of imide groups is 1. The van der Waals surface area contributed by atoms with Crippen LogP contribution in [0.15, 0.2) is 0 Å². The Labute approximate surface area is 111 Å². The maximum atomic E-state index is 11.6. The molecule has 0 saturated carbocycles. The van der Waals surface area contributed by atoms with Gasteiger partial charge < -0.3 is 15.2 Å². The van der Waals surface area contributed by atoms with Crippen LogP contribution in [0.2, 0.25) is 0 Å². The van der Waals surface area contributed by atoms with Crippen LogP contribution in [-0.2, 0) is 14.3 Å². The van der Waals surface area contributed by atoms with E-state index in [-0.39, 0.29) is 19.3 Å². The van der Waals surface area contributed by atoms with Gasteiger partial charge in [-0.2, -0.15) is 0 Å². The minimum Gasteiger partial charge on any atom is -0.481 e. The average molecular weight is 272 g/mol. The van der Waals surface area contributed by atoms with E-state index in [0.29, 0.717) is 13.2 Å². The second kappa shape index (κ2) is 7.08. The first kappa shape index (κ1) is 15.4. The number of urea groups is 1. The molecule has 3 N–H and O–H groups in total.